The highest BCUT2D eigenvalue weighted by Gasteiger charge is 2.01. The fourth-order valence-corrected chi connectivity index (χ4v) is 0.879. The molecule has 0 aromatic carbocycles. The summed E-state index contributed by atoms with van der Waals surface area (Å²) in [5.41, 5.74) is 0. The lowest BCUT2D eigenvalue weighted by atomic mass is 10.3. The van der Waals surface area contributed by atoms with Crippen LogP contribution in [0.5, 0.6) is 0 Å². The van der Waals surface area contributed by atoms with Crippen molar-refractivity contribution in [2.45, 2.75) is 6.10 Å². The van der Waals surface area contributed by atoms with E-state index in [-0.39, 0.29) is 13.2 Å². The van der Waals surface area contributed by atoms with Crippen molar-refractivity contribution in [3.63, 3.8) is 0 Å². The second-order valence-electron chi connectivity index (χ2n) is 2.58. The van der Waals surface area contributed by atoms with Crippen LogP contribution in [0.15, 0.2) is 18.3 Å². The zero-order valence-corrected chi connectivity index (χ0v) is 7.70. The lowest BCUT2D eigenvalue weighted by molar-refractivity contribution is 0.105. The van der Waals surface area contributed by atoms with Crippen LogP contribution in [0.2, 0.25) is 5.02 Å². The molecule has 3 N–H and O–H groups in total. The number of rotatable bonds is 4. The van der Waals surface area contributed by atoms with Crippen molar-refractivity contribution in [3.05, 3.63) is 23.4 Å². The number of anilines is 1. The molecule has 1 aromatic rings. The van der Waals surface area contributed by atoms with Gasteiger partial charge in [0.2, 0.25) is 0 Å². The van der Waals surface area contributed by atoms with E-state index in [2.05, 4.69) is 10.3 Å². The molecule has 13 heavy (non-hydrogen) atoms. The van der Waals surface area contributed by atoms with E-state index in [0.29, 0.717) is 10.8 Å². The summed E-state index contributed by atoms with van der Waals surface area (Å²) < 4.78 is 0. The standard InChI is InChI=1S/C8H11ClN2O2/c9-6-1-2-8(10-3-6)11-4-7(13)5-12/h1-3,7,12-13H,4-5H2,(H,10,11). The van der Waals surface area contributed by atoms with Gasteiger partial charge in [0.15, 0.2) is 0 Å². The van der Waals surface area contributed by atoms with E-state index in [4.69, 9.17) is 21.8 Å². The van der Waals surface area contributed by atoms with Crippen LogP contribution >= 0.6 is 11.6 Å². The molecular weight excluding hydrogens is 192 g/mol. The van der Waals surface area contributed by atoms with Gasteiger partial charge in [0.1, 0.15) is 5.82 Å². The van der Waals surface area contributed by atoms with Gasteiger partial charge in [-0.3, -0.25) is 0 Å². The van der Waals surface area contributed by atoms with Crippen molar-refractivity contribution in [1.82, 2.24) is 4.98 Å². The van der Waals surface area contributed by atoms with Gasteiger partial charge in [-0.2, -0.15) is 0 Å². The van der Waals surface area contributed by atoms with Gasteiger partial charge >= 0.3 is 0 Å². The van der Waals surface area contributed by atoms with Crippen LogP contribution in [0.4, 0.5) is 5.82 Å². The molecule has 0 aliphatic heterocycles. The molecule has 0 spiro atoms. The van der Waals surface area contributed by atoms with Gasteiger partial charge in [-0.05, 0) is 12.1 Å². The average molecular weight is 203 g/mol. The SMILES string of the molecule is OCC(O)CNc1ccc(Cl)cn1. The van der Waals surface area contributed by atoms with Crippen LogP contribution in [0.25, 0.3) is 0 Å². The fourth-order valence-electron chi connectivity index (χ4n) is 0.767. The number of nitrogens with zero attached hydrogens (tertiary/aromatic N) is 1. The topological polar surface area (TPSA) is 65.4 Å². The largest absolute Gasteiger partial charge is 0.394 e. The van der Waals surface area contributed by atoms with E-state index in [1.807, 2.05) is 0 Å². The molecule has 1 rings (SSSR count). The Balaban J connectivity index is 2.41. The minimum atomic E-state index is -0.766. The Labute approximate surface area is 81.2 Å². The summed E-state index contributed by atoms with van der Waals surface area (Å²) >= 11 is 5.62. The molecule has 1 heterocycles. The van der Waals surface area contributed by atoms with Crippen LogP contribution < -0.4 is 5.32 Å². The van der Waals surface area contributed by atoms with E-state index in [1.54, 1.807) is 12.1 Å². The summed E-state index contributed by atoms with van der Waals surface area (Å²) in [5, 5.41) is 20.9. The third kappa shape index (κ3) is 3.59. The molecular formula is C8H11ClN2O2. The number of nitrogens with one attached hydrogen (secondary N) is 1. The fraction of sp³-hybridized carbons (Fsp3) is 0.375. The van der Waals surface area contributed by atoms with Gasteiger partial charge in [0, 0.05) is 12.7 Å². The smallest absolute Gasteiger partial charge is 0.126 e. The molecule has 72 valence electrons. The van der Waals surface area contributed by atoms with Crippen molar-refractivity contribution in [2.24, 2.45) is 0 Å². The molecule has 4 nitrogen and oxygen atoms in total. The van der Waals surface area contributed by atoms with Gasteiger partial charge < -0.3 is 15.5 Å². The maximum atomic E-state index is 9.01. The number of aliphatic hydroxyl groups is 2. The molecule has 0 amide bonds. The molecule has 0 fully saturated rings. The van der Waals surface area contributed by atoms with Gasteiger partial charge in [-0.25, -0.2) is 4.98 Å². The summed E-state index contributed by atoms with van der Waals surface area (Å²) in [7, 11) is 0. The highest BCUT2D eigenvalue weighted by Crippen LogP contribution is 2.09. The number of halogens is 1. The number of hydrogen-bond acceptors (Lipinski definition) is 4. The zero-order chi connectivity index (χ0) is 9.68. The molecule has 0 radical (unpaired) electrons. The van der Waals surface area contributed by atoms with Gasteiger partial charge in [-0.1, -0.05) is 11.6 Å². The average Bonchev–Trinajstić information content (AvgIpc) is 2.16. The Morgan fingerprint density at radius 1 is 1.54 bits per heavy atom. The third-order valence-electron chi connectivity index (χ3n) is 1.46. The van der Waals surface area contributed by atoms with Crippen LogP contribution in [0.1, 0.15) is 0 Å². The Kier molecular flexibility index (Phi) is 3.95. The molecule has 1 unspecified atom stereocenters. The molecule has 5 heteroatoms. The number of aliphatic hydroxyl groups excluding tert-OH is 2. The molecule has 0 saturated carbocycles. The van der Waals surface area contributed by atoms with Crippen molar-refractivity contribution in [2.75, 3.05) is 18.5 Å². The molecule has 0 aliphatic rings. The quantitative estimate of drug-likeness (QED) is 0.666. The minimum absolute atomic E-state index is 0.263. The molecule has 0 bridgehead atoms. The monoisotopic (exact) mass is 202 g/mol. The van der Waals surface area contributed by atoms with Crippen molar-refractivity contribution < 1.29 is 10.2 Å². The van der Waals surface area contributed by atoms with Gasteiger partial charge in [0.05, 0.1) is 17.7 Å². The predicted octanol–water partition coefficient (Wildman–Crippen LogP) is 0.500. The Bertz CT molecular complexity index is 253. The summed E-state index contributed by atoms with van der Waals surface area (Å²) in [6.45, 7) is 0.00568. The van der Waals surface area contributed by atoms with Crippen LogP contribution in [0.3, 0.4) is 0 Å². The van der Waals surface area contributed by atoms with E-state index in [0.717, 1.165) is 0 Å². The van der Waals surface area contributed by atoms with Crippen molar-refractivity contribution in [3.8, 4) is 0 Å². The van der Waals surface area contributed by atoms with Gasteiger partial charge in [0.25, 0.3) is 0 Å². The second-order valence-corrected chi connectivity index (χ2v) is 3.02. The summed E-state index contributed by atoms with van der Waals surface area (Å²) in [4.78, 5) is 3.95. The molecule has 0 aliphatic carbocycles. The van der Waals surface area contributed by atoms with Crippen molar-refractivity contribution >= 4 is 17.4 Å². The number of hydrogen-bond donors (Lipinski definition) is 3. The lowest BCUT2D eigenvalue weighted by Gasteiger charge is -2.08. The van der Waals surface area contributed by atoms with E-state index >= 15 is 0 Å². The van der Waals surface area contributed by atoms with Crippen molar-refractivity contribution in [1.29, 1.82) is 0 Å². The predicted molar refractivity (Wildman–Crippen MR) is 50.8 cm³/mol. The summed E-state index contributed by atoms with van der Waals surface area (Å²) in [6.07, 6.45) is 0.743. The summed E-state index contributed by atoms with van der Waals surface area (Å²) in [5.74, 6) is 0.622. The second kappa shape index (κ2) is 5.01. The normalized spacial score (nSPS) is 12.5. The van der Waals surface area contributed by atoms with E-state index in [1.165, 1.54) is 6.20 Å². The highest BCUT2D eigenvalue weighted by molar-refractivity contribution is 6.30. The van der Waals surface area contributed by atoms with Crippen LogP contribution in [0, 0.1) is 0 Å². The Morgan fingerprint density at radius 2 is 2.31 bits per heavy atom. The first-order chi connectivity index (χ1) is 6.22. The highest BCUT2D eigenvalue weighted by atomic mass is 35.5. The van der Waals surface area contributed by atoms with E-state index in [9.17, 15) is 0 Å². The molecule has 0 saturated heterocycles. The van der Waals surface area contributed by atoms with Gasteiger partial charge in [-0.15, -0.1) is 0 Å². The van der Waals surface area contributed by atoms with E-state index < -0.39 is 6.10 Å². The first kappa shape index (κ1) is 10.2. The zero-order valence-electron chi connectivity index (χ0n) is 6.94. The maximum absolute atomic E-state index is 9.01. The molecule has 1 aromatic heterocycles. The third-order valence-corrected chi connectivity index (χ3v) is 1.68. The summed E-state index contributed by atoms with van der Waals surface area (Å²) in [6, 6.07) is 3.40. The first-order valence-corrected chi connectivity index (χ1v) is 4.24. The molecule has 1 atom stereocenters. The first-order valence-electron chi connectivity index (χ1n) is 3.86. The Morgan fingerprint density at radius 3 is 2.85 bits per heavy atom. The maximum Gasteiger partial charge on any atom is 0.126 e. The van der Waals surface area contributed by atoms with Crippen LogP contribution in [-0.2, 0) is 0 Å². The lowest BCUT2D eigenvalue weighted by Crippen LogP contribution is -2.23. The minimum Gasteiger partial charge on any atom is -0.394 e. The number of pyridine rings is 1. The Hall–Kier alpha value is -0.840. The number of aromatic nitrogens is 1. The van der Waals surface area contributed by atoms with Crippen LogP contribution in [-0.4, -0.2) is 34.5 Å².